The Morgan fingerprint density at radius 1 is 1.47 bits per heavy atom. The number of rotatable bonds is 6. The van der Waals surface area contributed by atoms with Crippen molar-refractivity contribution in [2.75, 3.05) is 19.0 Å². The van der Waals surface area contributed by atoms with Crippen LogP contribution in [0.4, 0.5) is 5.82 Å². The highest BCUT2D eigenvalue weighted by atomic mass is 16.5. The Kier molecular flexibility index (Phi) is 5.23. The van der Waals surface area contributed by atoms with Crippen LogP contribution >= 0.6 is 0 Å². The van der Waals surface area contributed by atoms with Gasteiger partial charge in [0.05, 0.1) is 7.11 Å². The minimum absolute atomic E-state index is 0.186. The average Bonchev–Trinajstić information content (AvgIpc) is 2.37. The number of esters is 1. The molecule has 0 fully saturated rings. The Bertz CT molecular complexity index is 419. The van der Waals surface area contributed by atoms with Gasteiger partial charge in [0.1, 0.15) is 5.82 Å². The summed E-state index contributed by atoms with van der Waals surface area (Å²) < 4.78 is 4.57. The van der Waals surface area contributed by atoms with Gasteiger partial charge in [-0.3, -0.25) is 0 Å². The first-order valence-corrected chi connectivity index (χ1v) is 6.30. The van der Waals surface area contributed by atoms with Crippen LogP contribution in [-0.4, -0.2) is 35.4 Å². The van der Waals surface area contributed by atoms with Crippen LogP contribution in [0, 0.1) is 5.92 Å². The molecule has 0 bridgehead atoms. The number of methoxy groups -OCH3 is 1. The summed E-state index contributed by atoms with van der Waals surface area (Å²) in [5.74, 6) is 0.618. The van der Waals surface area contributed by atoms with Crippen molar-refractivity contribution in [2.24, 2.45) is 11.7 Å². The van der Waals surface area contributed by atoms with Crippen molar-refractivity contribution in [1.82, 2.24) is 10.2 Å². The fourth-order valence-electron chi connectivity index (χ4n) is 2.01. The topological polar surface area (TPSA) is 90.1 Å². The molecule has 0 saturated heterocycles. The van der Waals surface area contributed by atoms with Crippen LogP contribution in [0.5, 0.6) is 0 Å². The molecule has 0 aliphatic rings. The number of carbonyl (C=O) groups is 1. The first kappa shape index (κ1) is 15.4. The highest BCUT2D eigenvalue weighted by Gasteiger charge is 2.24. The van der Waals surface area contributed by atoms with E-state index in [4.69, 9.17) is 5.73 Å². The van der Waals surface area contributed by atoms with Crippen LogP contribution < -0.4 is 11.1 Å². The molecule has 1 heterocycles. The fraction of sp³-hybridized carbons (Fsp3) is 0.615. The lowest BCUT2D eigenvalue weighted by Crippen LogP contribution is -2.44. The number of nitrogens with zero attached hydrogens (tertiary/aromatic N) is 2. The van der Waals surface area contributed by atoms with Gasteiger partial charge in [-0.1, -0.05) is 13.8 Å². The molecule has 0 aromatic carbocycles. The molecule has 106 valence electrons. The molecule has 19 heavy (non-hydrogen) atoms. The molecule has 1 atom stereocenters. The minimum atomic E-state index is -0.497. The van der Waals surface area contributed by atoms with E-state index in [1.807, 2.05) is 6.92 Å². The zero-order valence-electron chi connectivity index (χ0n) is 11.9. The molecule has 0 saturated carbocycles. The molecule has 6 heteroatoms. The maximum Gasteiger partial charge on any atom is 0.358 e. The van der Waals surface area contributed by atoms with Crippen LogP contribution in [0.3, 0.4) is 0 Å². The normalized spacial score (nSPS) is 14.0. The number of hydrogen-bond acceptors (Lipinski definition) is 6. The molecule has 3 N–H and O–H groups in total. The number of hydrogen-bond donors (Lipinski definition) is 2. The molecule has 1 rings (SSSR count). The third kappa shape index (κ3) is 4.48. The SMILES string of the molecule is COC(=O)c1ccc(NC(C)(CN)CC(C)C)nn1. The van der Waals surface area contributed by atoms with E-state index >= 15 is 0 Å². The molecular weight excluding hydrogens is 244 g/mol. The van der Waals surface area contributed by atoms with E-state index in [9.17, 15) is 4.79 Å². The van der Waals surface area contributed by atoms with Crippen LogP contribution in [0.1, 0.15) is 37.7 Å². The highest BCUT2D eigenvalue weighted by Crippen LogP contribution is 2.20. The molecule has 0 spiro atoms. The summed E-state index contributed by atoms with van der Waals surface area (Å²) in [6.45, 7) is 6.82. The molecule has 6 nitrogen and oxygen atoms in total. The molecule has 0 radical (unpaired) electrons. The first-order chi connectivity index (χ1) is 8.90. The zero-order chi connectivity index (χ0) is 14.5. The number of anilines is 1. The second-order valence-electron chi connectivity index (χ2n) is 5.28. The van der Waals surface area contributed by atoms with E-state index in [-0.39, 0.29) is 11.2 Å². The van der Waals surface area contributed by atoms with Gasteiger partial charge in [0.2, 0.25) is 0 Å². The molecule has 1 aromatic heterocycles. The van der Waals surface area contributed by atoms with E-state index in [2.05, 4.69) is 34.1 Å². The Morgan fingerprint density at radius 3 is 2.58 bits per heavy atom. The van der Waals surface area contributed by atoms with Crippen molar-refractivity contribution >= 4 is 11.8 Å². The minimum Gasteiger partial charge on any atom is -0.464 e. The molecule has 0 aliphatic carbocycles. The van der Waals surface area contributed by atoms with Gasteiger partial charge in [-0.2, -0.15) is 0 Å². The van der Waals surface area contributed by atoms with E-state index in [1.165, 1.54) is 7.11 Å². The summed E-state index contributed by atoms with van der Waals surface area (Å²) in [6.07, 6.45) is 0.921. The van der Waals surface area contributed by atoms with Gasteiger partial charge in [0.25, 0.3) is 0 Å². The maximum absolute atomic E-state index is 11.2. The van der Waals surface area contributed by atoms with Crippen molar-refractivity contribution < 1.29 is 9.53 Å². The second-order valence-corrected chi connectivity index (χ2v) is 5.28. The lowest BCUT2D eigenvalue weighted by atomic mass is 9.91. The summed E-state index contributed by atoms with van der Waals surface area (Å²) in [4.78, 5) is 11.2. The Morgan fingerprint density at radius 2 is 2.16 bits per heavy atom. The van der Waals surface area contributed by atoms with Gasteiger partial charge < -0.3 is 15.8 Å². The Labute approximate surface area is 113 Å². The maximum atomic E-state index is 11.2. The van der Waals surface area contributed by atoms with Crippen molar-refractivity contribution in [2.45, 2.75) is 32.7 Å². The third-order valence-corrected chi connectivity index (χ3v) is 2.80. The smallest absolute Gasteiger partial charge is 0.358 e. The van der Waals surface area contributed by atoms with E-state index < -0.39 is 5.97 Å². The average molecular weight is 266 g/mol. The summed E-state index contributed by atoms with van der Waals surface area (Å²) >= 11 is 0. The van der Waals surface area contributed by atoms with Crippen LogP contribution in [0.15, 0.2) is 12.1 Å². The molecular formula is C13H22N4O2. The number of carbonyl (C=O) groups excluding carboxylic acids is 1. The predicted molar refractivity (Wildman–Crippen MR) is 73.9 cm³/mol. The summed E-state index contributed by atoms with van der Waals surface area (Å²) in [5.41, 5.74) is 5.76. The largest absolute Gasteiger partial charge is 0.464 e. The van der Waals surface area contributed by atoms with Crippen molar-refractivity contribution in [3.8, 4) is 0 Å². The molecule has 1 unspecified atom stereocenters. The number of ether oxygens (including phenoxy) is 1. The summed E-state index contributed by atoms with van der Waals surface area (Å²) in [5, 5.41) is 11.1. The Balaban J connectivity index is 2.78. The predicted octanol–water partition coefficient (Wildman–Crippen LogP) is 1.44. The van der Waals surface area contributed by atoms with Crippen molar-refractivity contribution in [1.29, 1.82) is 0 Å². The van der Waals surface area contributed by atoms with Gasteiger partial charge in [0.15, 0.2) is 5.69 Å². The van der Waals surface area contributed by atoms with E-state index in [0.29, 0.717) is 18.3 Å². The number of nitrogens with two attached hydrogens (primary N) is 1. The van der Waals surface area contributed by atoms with Crippen LogP contribution in [-0.2, 0) is 4.74 Å². The van der Waals surface area contributed by atoms with Crippen molar-refractivity contribution in [3.05, 3.63) is 17.8 Å². The summed E-state index contributed by atoms with van der Waals surface area (Å²) in [7, 11) is 1.31. The van der Waals surface area contributed by atoms with Gasteiger partial charge in [-0.25, -0.2) is 4.79 Å². The lowest BCUT2D eigenvalue weighted by molar-refractivity contribution is 0.0593. The third-order valence-electron chi connectivity index (χ3n) is 2.80. The van der Waals surface area contributed by atoms with Crippen LogP contribution in [0.2, 0.25) is 0 Å². The molecule has 0 amide bonds. The zero-order valence-corrected chi connectivity index (χ0v) is 11.9. The van der Waals surface area contributed by atoms with Gasteiger partial charge in [-0.05, 0) is 31.4 Å². The molecule has 0 aliphatic heterocycles. The first-order valence-electron chi connectivity index (χ1n) is 6.30. The lowest BCUT2D eigenvalue weighted by Gasteiger charge is -2.31. The Hall–Kier alpha value is -1.69. The standard InChI is InChI=1S/C13H22N4O2/c1-9(2)7-13(3,8-14)15-11-6-5-10(16-17-11)12(18)19-4/h5-6,9H,7-8,14H2,1-4H3,(H,15,17). The second kappa shape index (κ2) is 6.47. The molecule has 1 aromatic rings. The fourth-order valence-corrected chi connectivity index (χ4v) is 2.01. The van der Waals surface area contributed by atoms with E-state index in [1.54, 1.807) is 12.1 Å². The number of aromatic nitrogens is 2. The van der Waals surface area contributed by atoms with Gasteiger partial charge in [-0.15, -0.1) is 10.2 Å². The highest BCUT2D eigenvalue weighted by molar-refractivity contribution is 5.86. The van der Waals surface area contributed by atoms with E-state index in [0.717, 1.165) is 6.42 Å². The number of nitrogens with one attached hydrogen (secondary N) is 1. The van der Waals surface area contributed by atoms with Crippen molar-refractivity contribution in [3.63, 3.8) is 0 Å². The quantitative estimate of drug-likeness (QED) is 0.757. The van der Waals surface area contributed by atoms with Gasteiger partial charge in [0, 0.05) is 12.1 Å². The van der Waals surface area contributed by atoms with Gasteiger partial charge >= 0.3 is 5.97 Å². The summed E-state index contributed by atoms with van der Waals surface area (Å²) in [6, 6.07) is 3.28. The van der Waals surface area contributed by atoms with Crippen LogP contribution in [0.25, 0.3) is 0 Å². The monoisotopic (exact) mass is 266 g/mol.